The summed E-state index contributed by atoms with van der Waals surface area (Å²) in [5.74, 6) is 0. The van der Waals surface area contributed by atoms with Crippen LogP contribution in [0.25, 0.3) is 0 Å². The van der Waals surface area contributed by atoms with Crippen LogP contribution in [-0.2, 0) is 11.2 Å². The van der Waals surface area contributed by atoms with Crippen LogP contribution in [0, 0.1) is 0 Å². The van der Waals surface area contributed by atoms with E-state index in [4.69, 9.17) is 4.74 Å². The molecule has 2 unspecified atom stereocenters. The summed E-state index contributed by atoms with van der Waals surface area (Å²) in [7, 11) is 1.79. The number of aryl methyl sites for hydroxylation is 1. The lowest BCUT2D eigenvalue weighted by Gasteiger charge is -2.29. The smallest absolute Gasteiger partial charge is 0.0637 e. The zero-order valence-electron chi connectivity index (χ0n) is 12.0. The number of fused-ring (bicyclic) bond motifs is 1. The van der Waals surface area contributed by atoms with Crippen molar-refractivity contribution in [3.63, 3.8) is 0 Å². The molecule has 0 saturated heterocycles. The fourth-order valence-electron chi connectivity index (χ4n) is 2.95. The maximum Gasteiger partial charge on any atom is 0.0637 e. The SMILES string of the molecule is COC(C)(C)CC(C)NC1CCc2ccccc21. The zero-order valence-corrected chi connectivity index (χ0v) is 12.0. The summed E-state index contributed by atoms with van der Waals surface area (Å²) in [6.45, 7) is 6.54. The molecule has 0 fully saturated rings. The minimum absolute atomic E-state index is 0.0511. The van der Waals surface area contributed by atoms with Gasteiger partial charge in [-0.1, -0.05) is 24.3 Å². The molecule has 2 rings (SSSR count). The molecule has 1 aromatic carbocycles. The normalized spacial score (nSPS) is 20.8. The van der Waals surface area contributed by atoms with Crippen LogP contribution in [0.4, 0.5) is 0 Å². The highest BCUT2D eigenvalue weighted by atomic mass is 16.5. The standard InChI is InChI=1S/C16H25NO/c1-12(11-16(2,3)18-4)17-15-10-9-13-7-5-6-8-14(13)15/h5-8,12,15,17H,9-11H2,1-4H3. The van der Waals surface area contributed by atoms with Crippen molar-refractivity contribution in [1.82, 2.24) is 5.32 Å². The van der Waals surface area contributed by atoms with Crippen LogP contribution in [0.5, 0.6) is 0 Å². The lowest BCUT2D eigenvalue weighted by Crippen LogP contribution is -2.37. The zero-order chi connectivity index (χ0) is 13.2. The van der Waals surface area contributed by atoms with Crippen molar-refractivity contribution >= 4 is 0 Å². The van der Waals surface area contributed by atoms with E-state index in [1.807, 2.05) is 0 Å². The van der Waals surface area contributed by atoms with Gasteiger partial charge in [0.2, 0.25) is 0 Å². The van der Waals surface area contributed by atoms with Crippen LogP contribution in [0.2, 0.25) is 0 Å². The summed E-state index contributed by atoms with van der Waals surface area (Å²) in [5.41, 5.74) is 2.94. The Morgan fingerprint density at radius 1 is 1.39 bits per heavy atom. The summed E-state index contributed by atoms with van der Waals surface area (Å²) in [4.78, 5) is 0. The van der Waals surface area contributed by atoms with E-state index >= 15 is 0 Å². The molecule has 2 atom stereocenters. The van der Waals surface area contributed by atoms with Gasteiger partial charge in [0.25, 0.3) is 0 Å². The first-order chi connectivity index (χ1) is 8.52. The van der Waals surface area contributed by atoms with Crippen molar-refractivity contribution in [3.05, 3.63) is 35.4 Å². The first-order valence-corrected chi connectivity index (χ1v) is 6.91. The van der Waals surface area contributed by atoms with Crippen LogP contribution < -0.4 is 5.32 Å². The summed E-state index contributed by atoms with van der Waals surface area (Å²) in [6, 6.07) is 9.77. The number of hydrogen-bond donors (Lipinski definition) is 1. The summed E-state index contributed by atoms with van der Waals surface area (Å²) in [5, 5.41) is 3.75. The van der Waals surface area contributed by atoms with Crippen molar-refractivity contribution in [2.24, 2.45) is 0 Å². The number of nitrogens with one attached hydrogen (secondary N) is 1. The van der Waals surface area contributed by atoms with E-state index in [1.165, 1.54) is 24.0 Å². The molecule has 0 heterocycles. The molecule has 0 aromatic heterocycles. The molecule has 2 heteroatoms. The fourth-order valence-corrected chi connectivity index (χ4v) is 2.95. The second-order valence-corrected chi connectivity index (χ2v) is 6.03. The average molecular weight is 247 g/mol. The number of hydrogen-bond acceptors (Lipinski definition) is 2. The van der Waals surface area contributed by atoms with Gasteiger partial charge in [0.1, 0.15) is 0 Å². The van der Waals surface area contributed by atoms with Crippen LogP contribution in [0.15, 0.2) is 24.3 Å². The third-order valence-electron chi connectivity index (χ3n) is 3.97. The highest BCUT2D eigenvalue weighted by Crippen LogP contribution is 2.31. The molecule has 0 amide bonds. The molecule has 0 saturated carbocycles. The van der Waals surface area contributed by atoms with Gasteiger partial charge in [0.15, 0.2) is 0 Å². The summed E-state index contributed by atoms with van der Waals surface area (Å²) < 4.78 is 5.50. The molecule has 0 bridgehead atoms. The Hall–Kier alpha value is -0.860. The van der Waals surface area contributed by atoms with Crippen molar-refractivity contribution in [1.29, 1.82) is 0 Å². The lowest BCUT2D eigenvalue weighted by atomic mass is 9.98. The largest absolute Gasteiger partial charge is 0.379 e. The van der Waals surface area contributed by atoms with Crippen LogP contribution in [0.3, 0.4) is 0 Å². The fraction of sp³-hybridized carbons (Fsp3) is 0.625. The Balaban J connectivity index is 1.95. The lowest BCUT2D eigenvalue weighted by molar-refractivity contribution is 0.00766. The monoisotopic (exact) mass is 247 g/mol. The number of ether oxygens (including phenoxy) is 1. The summed E-state index contributed by atoms with van der Waals surface area (Å²) >= 11 is 0. The molecule has 0 radical (unpaired) electrons. The van der Waals surface area contributed by atoms with E-state index in [9.17, 15) is 0 Å². The van der Waals surface area contributed by atoms with Gasteiger partial charge in [-0.15, -0.1) is 0 Å². The number of methoxy groups -OCH3 is 1. The Morgan fingerprint density at radius 2 is 2.11 bits per heavy atom. The molecule has 18 heavy (non-hydrogen) atoms. The third kappa shape index (κ3) is 3.12. The van der Waals surface area contributed by atoms with Gasteiger partial charge in [0, 0.05) is 19.2 Å². The molecule has 1 N–H and O–H groups in total. The van der Waals surface area contributed by atoms with E-state index in [0.717, 1.165) is 6.42 Å². The van der Waals surface area contributed by atoms with Gasteiger partial charge in [-0.05, 0) is 51.2 Å². The van der Waals surface area contributed by atoms with Gasteiger partial charge < -0.3 is 10.1 Å². The van der Waals surface area contributed by atoms with Gasteiger partial charge >= 0.3 is 0 Å². The van der Waals surface area contributed by atoms with Crippen molar-refractivity contribution in [2.45, 2.75) is 57.7 Å². The average Bonchev–Trinajstić information content (AvgIpc) is 2.72. The summed E-state index contributed by atoms with van der Waals surface area (Å²) in [6.07, 6.45) is 3.45. The Morgan fingerprint density at radius 3 is 2.83 bits per heavy atom. The molecule has 1 aromatic rings. The number of rotatable bonds is 5. The van der Waals surface area contributed by atoms with Crippen LogP contribution >= 0.6 is 0 Å². The van der Waals surface area contributed by atoms with E-state index in [0.29, 0.717) is 12.1 Å². The molecular weight excluding hydrogens is 222 g/mol. The van der Waals surface area contributed by atoms with Gasteiger partial charge in [-0.3, -0.25) is 0 Å². The Labute approximate surface area is 111 Å². The molecule has 0 spiro atoms. The minimum atomic E-state index is -0.0511. The first-order valence-electron chi connectivity index (χ1n) is 6.91. The second kappa shape index (κ2) is 5.41. The Kier molecular flexibility index (Phi) is 4.08. The molecule has 0 aliphatic heterocycles. The van der Waals surface area contributed by atoms with Gasteiger partial charge in [0.05, 0.1) is 5.60 Å². The van der Waals surface area contributed by atoms with E-state index < -0.39 is 0 Å². The molecule has 1 aliphatic carbocycles. The van der Waals surface area contributed by atoms with E-state index in [1.54, 1.807) is 7.11 Å². The number of benzene rings is 1. The second-order valence-electron chi connectivity index (χ2n) is 6.03. The Bertz CT molecular complexity index is 400. The molecule has 2 nitrogen and oxygen atoms in total. The topological polar surface area (TPSA) is 21.3 Å². The maximum atomic E-state index is 5.50. The van der Waals surface area contributed by atoms with Gasteiger partial charge in [-0.25, -0.2) is 0 Å². The van der Waals surface area contributed by atoms with E-state index in [-0.39, 0.29) is 5.60 Å². The highest BCUT2D eigenvalue weighted by molar-refractivity contribution is 5.34. The predicted molar refractivity (Wildman–Crippen MR) is 75.8 cm³/mol. The minimum Gasteiger partial charge on any atom is -0.379 e. The maximum absolute atomic E-state index is 5.50. The predicted octanol–water partition coefficient (Wildman–Crippen LogP) is 3.47. The van der Waals surface area contributed by atoms with Crippen molar-refractivity contribution in [2.75, 3.05) is 7.11 Å². The molecule has 100 valence electrons. The molecular formula is C16H25NO. The van der Waals surface area contributed by atoms with Crippen molar-refractivity contribution in [3.8, 4) is 0 Å². The van der Waals surface area contributed by atoms with E-state index in [2.05, 4.69) is 50.4 Å². The first kappa shape index (κ1) is 13.6. The quantitative estimate of drug-likeness (QED) is 0.860. The third-order valence-corrected chi connectivity index (χ3v) is 3.97. The van der Waals surface area contributed by atoms with Crippen LogP contribution in [0.1, 0.15) is 50.8 Å². The van der Waals surface area contributed by atoms with Crippen molar-refractivity contribution < 1.29 is 4.74 Å². The van der Waals surface area contributed by atoms with Gasteiger partial charge in [-0.2, -0.15) is 0 Å². The molecule has 1 aliphatic rings. The van der Waals surface area contributed by atoms with Crippen LogP contribution in [-0.4, -0.2) is 18.8 Å². The highest BCUT2D eigenvalue weighted by Gasteiger charge is 2.26.